The number of hydrogen-bond donors (Lipinski definition) is 0. The lowest BCUT2D eigenvalue weighted by Crippen LogP contribution is -2.15. The molecular formula is C11H10N2O8. The van der Waals surface area contributed by atoms with E-state index in [2.05, 4.69) is 0 Å². The maximum Gasteiger partial charge on any atom is 0.346 e. The Morgan fingerprint density at radius 3 is 1.86 bits per heavy atom. The molecule has 0 aliphatic rings. The van der Waals surface area contributed by atoms with Crippen molar-refractivity contribution in [3.8, 4) is 0 Å². The van der Waals surface area contributed by atoms with E-state index in [1.54, 1.807) is 0 Å². The van der Waals surface area contributed by atoms with Gasteiger partial charge in [-0.05, 0) is 6.07 Å². The highest BCUT2D eigenvalue weighted by atomic mass is 16.7. The van der Waals surface area contributed by atoms with Crippen molar-refractivity contribution >= 4 is 23.3 Å². The number of benzene rings is 1. The fraction of sp³-hybridized carbons (Fsp3) is 0.273. The van der Waals surface area contributed by atoms with Gasteiger partial charge in [-0.1, -0.05) is 0 Å². The molecule has 1 aromatic carbocycles. The first kappa shape index (κ1) is 16.0. The minimum atomic E-state index is -1.51. The molecule has 112 valence electrons. The zero-order valence-corrected chi connectivity index (χ0v) is 11.0. The van der Waals surface area contributed by atoms with Crippen LogP contribution >= 0.6 is 0 Å². The number of nitro groups is 2. The van der Waals surface area contributed by atoms with E-state index >= 15 is 0 Å². The van der Waals surface area contributed by atoms with E-state index < -0.39 is 39.5 Å². The molecule has 0 bridgehead atoms. The molecule has 0 aliphatic carbocycles. The summed E-state index contributed by atoms with van der Waals surface area (Å²) in [4.78, 5) is 41.5. The molecule has 1 rings (SSSR count). The summed E-state index contributed by atoms with van der Waals surface area (Å²) >= 11 is 0. The highest BCUT2D eigenvalue weighted by molar-refractivity contribution is 5.68. The van der Waals surface area contributed by atoms with Gasteiger partial charge in [0.25, 0.3) is 6.29 Å². The second-order valence-electron chi connectivity index (χ2n) is 3.81. The average molecular weight is 298 g/mol. The summed E-state index contributed by atoms with van der Waals surface area (Å²) in [6, 6.07) is 2.78. The molecule has 1 aromatic rings. The number of nitrogens with zero attached hydrogens (tertiary/aromatic N) is 2. The normalized spacial score (nSPS) is 10.0. The third-order valence-corrected chi connectivity index (χ3v) is 2.21. The molecule has 10 nitrogen and oxygen atoms in total. The largest absolute Gasteiger partial charge is 0.421 e. The van der Waals surface area contributed by atoms with Crippen LogP contribution in [0.15, 0.2) is 18.2 Å². The van der Waals surface area contributed by atoms with Crippen LogP contribution in [-0.2, 0) is 19.1 Å². The second-order valence-corrected chi connectivity index (χ2v) is 3.81. The van der Waals surface area contributed by atoms with Gasteiger partial charge in [-0.25, -0.2) is 0 Å². The Morgan fingerprint density at radius 2 is 1.48 bits per heavy atom. The minimum absolute atomic E-state index is 0.0716. The summed E-state index contributed by atoms with van der Waals surface area (Å²) in [5.74, 6) is -1.58. The predicted octanol–water partition coefficient (Wildman–Crippen LogP) is 1.63. The van der Waals surface area contributed by atoms with Gasteiger partial charge in [0.15, 0.2) is 0 Å². The van der Waals surface area contributed by atoms with Crippen molar-refractivity contribution in [2.24, 2.45) is 0 Å². The monoisotopic (exact) mass is 298 g/mol. The van der Waals surface area contributed by atoms with E-state index in [-0.39, 0.29) is 5.56 Å². The van der Waals surface area contributed by atoms with E-state index in [9.17, 15) is 29.8 Å². The Kier molecular flexibility index (Phi) is 4.89. The second kappa shape index (κ2) is 6.41. The number of esters is 2. The van der Waals surface area contributed by atoms with Crippen LogP contribution in [0.1, 0.15) is 25.7 Å². The van der Waals surface area contributed by atoms with Gasteiger partial charge in [-0.2, -0.15) is 0 Å². The SMILES string of the molecule is CC(=O)OC(OC(C)=O)c1ccc([N+](=O)[O-])c([N+](=O)[O-])c1. The maximum atomic E-state index is 10.9. The van der Waals surface area contributed by atoms with E-state index in [0.717, 1.165) is 32.0 Å². The first-order chi connectivity index (χ1) is 9.72. The van der Waals surface area contributed by atoms with Crippen molar-refractivity contribution in [1.82, 2.24) is 0 Å². The quantitative estimate of drug-likeness (QED) is 0.346. The number of hydrogen-bond acceptors (Lipinski definition) is 8. The third-order valence-electron chi connectivity index (χ3n) is 2.21. The van der Waals surface area contributed by atoms with Crippen LogP contribution in [0.5, 0.6) is 0 Å². The smallest absolute Gasteiger partial charge is 0.346 e. The van der Waals surface area contributed by atoms with Crippen molar-refractivity contribution in [1.29, 1.82) is 0 Å². The van der Waals surface area contributed by atoms with Gasteiger partial charge in [0.1, 0.15) is 0 Å². The lowest BCUT2D eigenvalue weighted by atomic mass is 10.1. The van der Waals surface area contributed by atoms with Crippen molar-refractivity contribution in [3.05, 3.63) is 44.0 Å². The molecule has 0 unspecified atom stereocenters. The highest BCUT2D eigenvalue weighted by Crippen LogP contribution is 2.31. The molecule has 0 radical (unpaired) electrons. The Morgan fingerprint density at radius 1 is 1.00 bits per heavy atom. The number of carbonyl (C=O) groups excluding carboxylic acids is 2. The molecule has 10 heteroatoms. The third kappa shape index (κ3) is 4.23. The first-order valence-electron chi connectivity index (χ1n) is 5.49. The lowest BCUT2D eigenvalue weighted by Gasteiger charge is -2.16. The van der Waals surface area contributed by atoms with Gasteiger partial charge >= 0.3 is 23.3 Å². The molecule has 0 aromatic heterocycles. The lowest BCUT2D eigenvalue weighted by molar-refractivity contribution is -0.422. The van der Waals surface area contributed by atoms with Crippen LogP contribution in [0.3, 0.4) is 0 Å². The summed E-state index contributed by atoms with van der Waals surface area (Å²) in [7, 11) is 0. The molecular weight excluding hydrogens is 288 g/mol. The van der Waals surface area contributed by atoms with Crippen LogP contribution in [0, 0.1) is 20.2 Å². The van der Waals surface area contributed by atoms with Gasteiger partial charge in [0.2, 0.25) is 0 Å². The van der Waals surface area contributed by atoms with Gasteiger partial charge < -0.3 is 9.47 Å². The van der Waals surface area contributed by atoms with Crippen LogP contribution in [0.2, 0.25) is 0 Å². The molecule has 0 saturated heterocycles. The summed E-state index contributed by atoms with van der Waals surface area (Å²) in [6.45, 7) is 2.10. The molecule has 0 spiro atoms. The van der Waals surface area contributed by atoms with Gasteiger partial charge in [-0.3, -0.25) is 29.8 Å². The number of rotatable bonds is 5. The molecule has 0 saturated carbocycles. The summed E-state index contributed by atoms with van der Waals surface area (Å²) < 4.78 is 9.42. The zero-order valence-electron chi connectivity index (χ0n) is 11.0. The van der Waals surface area contributed by atoms with Crippen LogP contribution in [0.25, 0.3) is 0 Å². The Balaban J connectivity index is 3.29. The molecule has 0 aliphatic heterocycles. The molecule has 0 amide bonds. The van der Waals surface area contributed by atoms with Gasteiger partial charge in [0, 0.05) is 31.5 Å². The summed E-state index contributed by atoms with van der Waals surface area (Å²) in [6.07, 6.45) is -1.51. The molecule has 0 atom stereocenters. The summed E-state index contributed by atoms with van der Waals surface area (Å²) in [5, 5.41) is 21.5. The topological polar surface area (TPSA) is 139 Å². The standard InChI is InChI=1S/C11H10N2O8/c1-6(14)20-11(21-7(2)15)8-3-4-9(12(16)17)10(5-8)13(18)19/h3-5,11H,1-2H3. The molecule has 0 heterocycles. The number of ether oxygens (including phenoxy) is 2. The highest BCUT2D eigenvalue weighted by Gasteiger charge is 2.28. The molecule has 0 fully saturated rings. The van der Waals surface area contributed by atoms with Crippen molar-refractivity contribution in [2.75, 3.05) is 0 Å². The Bertz CT molecular complexity index is 596. The fourth-order valence-corrected chi connectivity index (χ4v) is 1.45. The Labute approximate surface area is 117 Å². The van der Waals surface area contributed by atoms with Crippen molar-refractivity contribution in [2.45, 2.75) is 20.1 Å². The molecule has 0 N–H and O–H groups in total. The Hall–Kier alpha value is -3.04. The van der Waals surface area contributed by atoms with Crippen molar-refractivity contribution in [3.63, 3.8) is 0 Å². The summed E-state index contributed by atoms with van der Waals surface area (Å²) in [5.41, 5.74) is -1.60. The van der Waals surface area contributed by atoms with E-state index in [1.807, 2.05) is 0 Å². The van der Waals surface area contributed by atoms with Crippen LogP contribution in [-0.4, -0.2) is 21.8 Å². The maximum absolute atomic E-state index is 10.9. The number of nitro benzene ring substituents is 2. The van der Waals surface area contributed by atoms with Gasteiger partial charge in [-0.15, -0.1) is 0 Å². The predicted molar refractivity (Wildman–Crippen MR) is 66.0 cm³/mol. The van der Waals surface area contributed by atoms with Crippen molar-refractivity contribution < 1.29 is 28.9 Å². The van der Waals surface area contributed by atoms with E-state index in [1.165, 1.54) is 0 Å². The molecule has 21 heavy (non-hydrogen) atoms. The van der Waals surface area contributed by atoms with Crippen LogP contribution in [0.4, 0.5) is 11.4 Å². The average Bonchev–Trinajstić information content (AvgIpc) is 2.35. The van der Waals surface area contributed by atoms with Crippen LogP contribution < -0.4 is 0 Å². The van der Waals surface area contributed by atoms with E-state index in [0.29, 0.717) is 0 Å². The minimum Gasteiger partial charge on any atom is -0.421 e. The zero-order chi connectivity index (χ0) is 16.2. The van der Waals surface area contributed by atoms with E-state index in [4.69, 9.17) is 9.47 Å². The number of carbonyl (C=O) groups is 2. The fourth-order valence-electron chi connectivity index (χ4n) is 1.45. The first-order valence-corrected chi connectivity index (χ1v) is 5.49. The van der Waals surface area contributed by atoms with Gasteiger partial charge in [0.05, 0.1) is 9.85 Å².